The van der Waals surface area contributed by atoms with Crippen LogP contribution in [0.5, 0.6) is 0 Å². The second kappa shape index (κ2) is 30.2. The van der Waals surface area contributed by atoms with Crippen molar-refractivity contribution in [1.29, 1.82) is 0 Å². The van der Waals surface area contributed by atoms with Crippen molar-refractivity contribution in [3.05, 3.63) is 518 Å². The lowest BCUT2D eigenvalue weighted by Gasteiger charge is -2.34. The molecule has 0 unspecified atom stereocenters. The SMILES string of the molecule is CC1(C)c2ccccc2-c2ccc(-c3ccc(-n4ccc5ccc6c7ccccc7n(-c7ccccc7)c6c54)cc3)cc21.CC1(C)c2ccccc2-c2ccc(-c3cccc(-n4ccc5ccc6c7ccccc7n(-c7ccccc7)c6c54)c3)cc21.c1ccc(-n2c3ccccc3c3ccc4ccn(-c5ccc6c(c5)C(c5ccccc5)(c5ccccc5)c5ccccc5-6)c4c32)cc1. The number of hydrogen-bond acceptors (Lipinski definition) is 0. The monoisotopic (exact) mass is 1700 g/mol. The van der Waals surface area contributed by atoms with Crippen LogP contribution in [-0.2, 0) is 16.2 Å². The number of fused-ring (bicyclic) bond motifs is 24. The summed E-state index contributed by atoms with van der Waals surface area (Å²) in [6, 6.07) is 167. The lowest BCUT2D eigenvalue weighted by molar-refractivity contribution is 0.660. The number of aromatic nitrogens is 6. The van der Waals surface area contributed by atoms with Crippen molar-refractivity contribution in [3.8, 4) is 89.8 Å². The van der Waals surface area contributed by atoms with Crippen molar-refractivity contribution >= 4 is 98.1 Å². The van der Waals surface area contributed by atoms with Gasteiger partial charge in [0, 0.05) is 112 Å². The van der Waals surface area contributed by atoms with E-state index in [4.69, 9.17) is 0 Å². The third-order valence-electron chi connectivity index (χ3n) is 29.3. The van der Waals surface area contributed by atoms with Crippen molar-refractivity contribution < 1.29 is 0 Å². The van der Waals surface area contributed by atoms with Crippen LogP contribution in [0.4, 0.5) is 0 Å². The van der Waals surface area contributed by atoms with Crippen molar-refractivity contribution in [3.63, 3.8) is 0 Å². The Bertz CT molecular complexity index is 8940. The average molecular weight is 1700 g/mol. The molecule has 6 nitrogen and oxygen atoms in total. The number of para-hydroxylation sites is 6. The maximum atomic E-state index is 2.45. The van der Waals surface area contributed by atoms with Gasteiger partial charge in [-0.3, -0.25) is 0 Å². The minimum Gasteiger partial charge on any atom is -0.315 e. The molecule has 0 saturated heterocycles. The molecule has 0 saturated carbocycles. The molecule has 3 aliphatic rings. The standard InChI is InChI=1S/C45H30N2.2C41H30N2/c1-4-14-32(15-5-1)45(33-16-6-2-7-17-33)40-22-12-10-20-36(40)37-27-25-35(30-41(37)45)46-29-28-31-24-26-39-38-21-11-13-23-42(38)47(44(39)43(31)46)34-18-8-3-9-19-34;1-41(2)36-17-8-6-15-32(36)33-21-20-29(26-37(33)41)28-11-10-14-31(25-28)42-24-23-27-19-22-35-34-16-7-9-18-38(34)43(40(35)39(27)42)30-12-4-3-5-13-30;1-41(2)36-14-8-6-12-32(36)33-22-19-29(26-37(33)41)27-16-20-30(21-17-27)42-25-24-28-18-23-35-34-13-7-9-15-38(34)43(40(35)39(28)42)31-10-4-3-5-11-31/h1-30H;2*3-26H,1-2H3. The molecule has 0 bridgehead atoms. The molecule has 0 amide bonds. The van der Waals surface area contributed by atoms with Crippen LogP contribution in [0, 0.1) is 0 Å². The third-order valence-corrected chi connectivity index (χ3v) is 29.3. The molecule has 0 radical (unpaired) electrons. The van der Waals surface area contributed by atoms with Gasteiger partial charge in [-0.25, -0.2) is 0 Å². The van der Waals surface area contributed by atoms with E-state index in [9.17, 15) is 0 Å². The molecule has 0 spiro atoms. The number of hydrogen-bond donors (Lipinski definition) is 0. The zero-order valence-corrected chi connectivity index (χ0v) is 74.2. The largest absolute Gasteiger partial charge is 0.315 e. The molecular formula is C127H90N6. The van der Waals surface area contributed by atoms with Crippen LogP contribution >= 0.6 is 0 Å². The lowest BCUT2D eigenvalue weighted by atomic mass is 9.67. The van der Waals surface area contributed by atoms with Crippen LogP contribution in [0.15, 0.2) is 474 Å². The van der Waals surface area contributed by atoms with Crippen molar-refractivity contribution in [2.75, 3.05) is 0 Å². The zero-order valence-electron chi connectivity index (χ0n) is 74.2. The van der Waals surface area contributed by atoms with Crippen molar-refractivity contribution in [2.45, 2.75) is 43.9 Å². The first-order valence-electron chi connectivity index (χ1n) is 46.4. The predicted molar refractivity (Wildman–Crippen MR) is 556 cm³/mol. The van der Waals surface area contributed by atoms with E-state index in [1.54, 1.807) is 0 Å². The summed E-state index contributed by atoms with van der Waals surface area (Å²) in [7, 11) is 0. The molecule has 6 heterocycles. The Morgan fingerprint density at radius 1 is 0.173 bits per heavy atom. The molecule has 0 fully saturated rings. The second-order valence-corrected chi connectivity index (χ2v) is 37.0. The molecule has 0 N–H and O–H groups in total. The molecule has 0 aliphatic heterocycles. The fraction of sp³-hybridized carbons (Fsp3) is 0.0551. The van der Waals surface area contributed by atoms with E-state index >= 15 is 0 Å². The summed E-state index contributed by atoms with van der Waals surface area (Å²) in [6.07, 6.45) is 6.67. The highest BCUT2D eigenvalue weighted by molar-refractivity contribution is 6.21. The van der Waals surface area contributed by atoms with Gasteiger partial charge >= 0.3 is 0 Å². The Balaban J connectivity index is 0.000000104. The Hall–Kier alpha value is -16.8. The number of rotatable bonds is 10. The van der Waals surface area contributed by atoms with E-state index in [1.165, 1.54) is 210 Å². The minimum atomic E-state index is -0.443. The van der Waals surface area contributed by atoms with E-state index < -0.39 is 5.41 Å². The van der Waals surface area contributed by atoms with Gasteiger partial charge in [-0.05, 0) is 221 Å². The van der Waals surface area contributed by atoms with Crippen molar-refractivity contribution in [1.82, 2.24) is 27.4 Å². The molecule has 0 atom stereocenters. The summed E-state index contributed by atoms with van der Waals surface area (Å²) < 4.78 is 14.4. The fourth-order valence-electron chi connectivity index (χ4n) is 23.2. The highest BCUT2D eigenvalue weighted by Crippen LogP contribution is 2.58. The minimum absolute atomic E-state index is 0.00544. The van der Waals surface area contributed by atoms with Gasteiger partial charge in [-0.2, -0.15) is 0 Å². The first-order chi connectivity index (χ1) is 65.5. The highest BCUT2D eigenvalue weighted by Gasteiger charge is 2.47. The molecular weight excluding hydrogens is 1610 g/mol. The first kappa shape index (κ1) is 77.3. The van der Waals surface area contributed by atoms with Gasteiger partial charge in [0.1, 0.15) is 0 Å². The summed E-state index contributed by atoms with van der Waals surface area (Å²) in [6.45, 7) is 9.39. The summed E-state index contributed by atoms with van der Waals surface area (Å²) in [5.41, 5.74) is 41.3. The molecule has 28 rings (SSSR count). The molecule has 628 valence electrons. The molecule has 6 heteroatoms. The second-order valence-electron chi connectivity index (χ2n) is 37.0. The summed E-state index contributed by atoms with van der Waals surface area (Å²) in [4.78, 5) is 0. The van der Waals surface area contributed by atoms with E-state index in [-0.39, 0.29) is 10.8 Å². The Morgan fingerprint density at radius 2 is 0.481 bits per heavy atom. The van der Waals surface area contributed by atoms with Gasteiger partial charge in [0.05, 0.1) is 55.1 Å². The van der Waals surface area contributed by atoms with Crippen LogP contribution in [0.1, 0.15) is 72.2 Å². The van der Waals surface area contributed by atoms with Crippen molar-refractivity contribution in [2.24, 2.45) is 0 Å². The Labute approximate surface area is 771 Å². The predicted octanol–water partition coefficient (Wildman–Crippen LogP) is 32.5. The zero-order chi connectivity index (χ0) is 88.4. The molecule has 3 aliphatic carbocycles. The van der Waals surface area contributed by atoms with Gasteiger partial charge < -0.3 is 27.4 Å². The van der Waals surface area contributed by atoms with E-state index in [1.807, 2.05) is 0 Å². The number of benzene rings is 19. The van der Waals surface area contributed by atoms with Gasteiger partial charge in [0.25, 0.3) is 0 Å². The van der Waals surface area contributed by atoms with E-state index in [2.05, 4.69) is 529 Å². The van der Waals surface area contributed by atoms with E-state index in [0.717, 1.165) is 22.7 Å². The van der Waals surface area contributed by atoms with Crippen LogP contribution in [-0.4, -0.2) is 27.4 Å². The summed E-state index contributed by atoms with van der Waals surface area (Å²) in [5, 5.41) is 11.3. The quantitative estimate of drug-likeness (QED) is 0.131. The topological polar surface area (TPSA) is 29.6 Å². The molecule has 19 aromatic carbocycles. The van der Waals surface area contributed by atoms with Crippen LogP contribution in [0.3, 0.4) is 0 Å². The average Bonchev–Trinajstić information content (AvgIpc) is 1.53. The Kier molecular flexibility index (Phi) is 17.5. The van der Waals surface area contributed by atoms with Crippen LogP contribution in [0.2, 0.25) is 0 Å². The molecule has 25 aromatic rings. The molecule has 6 aromatic heterocycles. The van der Waals surface area contributed by atoms with E-state index in [0.29, 0.717) is 0 Å². The lowest BCUT2D eigenvalue weighted by Crippen LogP contribution is -2.28. The van der Waals surface area contributed by atoms with Gasteiger partial charge in [0.2, 0.25) is 0 Å². The normalized spacial score (nSPS) is 13.4. The highest BCUT2D eigenvalue weighted by atomic mass is 15.1. The van der Waals surface area contributed by atoms with Crippen LogP contribution in [0.25, 0.3) is 188 Å². The Morgan fingerprint density at radius 3 is 0.917 bits per heavy atom. The number of nitrogens with zero attached hydrogens (tertiary/aromatic N) is 6. The van der Waals surface area contributed by atoms with Gasteiger partial charge in [-0.15, -0.1) is 0 Å². The first-order valence-corrected chi connectivity index (χ1v) is 46.4. The van der Waals surface area contributed by atoms with Gasteiger partial charge in [0.15, 0.2) is 0 Å². The summed E-state index contributed by atoms with van der Waals surface area (Å²) >= 11 is 0. The maximum absolute atomic E-state index is 2.45. The van der Waals surface area contributed by atoms with Gasteiger partial charge in [-0.1, -0.05) is 361 Å². The molecule has 133 heavy (non-hydrogen) atoms. The summed E-state index contributed by atoms with van der Waals surface area (Å²) in [5.74, 6) is 0. The maximum Gasteiger partial charge on any atom is 0.0788 e. The fourth-order valence-corrected chi connectivity index (χ4v) is 23.2. The smallest absolute Gasteiger partial charge is 0.0788 e. The van der Waals surface area contributed by atoms with Crippen LogP contribution < -0.4 is 0 Å². The third kappa shape index (κ3) is 11.8.